The number of benzene rings is 1. The highest BCUT2D eigenvalue weighted by Crippen LogP contribution is 2.33. The van der Waals surface area contributed by atoms with E-state index in [0.717, 1.165) is 6.07 Å². The molecule has 2 rings (SSSR count). The van der Waals surface area contributed by atoms with Gasteiger partial charge in [0.25, 0.3) is 0 Å². The molecule has 0 saturated carbocycles. The lowest BCUT2D eigenvalue weighted by atomic mass is 10.2. The molecule has 0 aromatic heterocycles. The summed E-state index contributed by atoms with van der Waals surface area (Å²) in [7, 11) is 0. The predicted octanol–water partition coefficient (Wildman–Crippen LogP) is 2.66. The number of nitro groups is 1. The van der Waals surface area contributed by atoms with Crippen LogP contribution in [0.1, 0.15) is 6.42 Å². The molecule has 1 saturated heterocycles. The average Bonchev–Trinajstić information content (AvgIpc) is 2.75. The van der Waals surface area contributed by atoms with Crippen LogP contribution in [0.2, 0.25) is 0 Å². The molecule has 0 spiro atoms. The van der Waals surface area contributed by atoms with Crippen molar-refractivity contribution < 1.29 is 18.8 Å². The zero-order valence-corrected chi connectivity index (χ0v) is 10.3. The van der Waals surface area contributed by atoms with Gasteiger partial charge in [0.1, 0.15) is 11.9 Å². The van der Waals surface area contributed by atoms with E-state index in [-0.39, 0.29) is 22.0 Å². The van der Waals surface area contributed by atoms with Crippen LogP contribution >= 0.6 is 15.9 Å². The van der Waals surface area contributed by atoms with Crippen molar-refractivity contribution >= 4 is 21.6 Å². The van der Waals surface area contributed by atoms with Gasteiger partial charge in [-0.1, -0.05) is 0 Å². The summed E-state index contributed by atoms with van der Waals surface area (Å²) in [6, 6.07) is 2.11. The standard InChI is InChI=1S/C10H9BrFNO4/c11-7-3-10(17-6-1-2-16-5-6)9(13(14)15)4-8(7)12/h3-4,6H,1-2,5H2. The molecule has 7 heteroatoms. The first-order chi connectivity index (χ1) is 8.08. The second-order valence-corrected chi connectivity index (χ2v) is 4.45. The average molecular weight is 306 g/mol. The van der Waals surface area contributed by atoms with Crippen LogP contribution in [0, 0.1) is 15.9 Å². The van der Waals surface area contributed by atoms with E-state index in [0.29, 0.717) is 19.6 Å². The zero-order chi connectivity index (χ0) is 12.4. The molecule has 92 valence electrons. The van der Waals surface area contributed by atoms with Gasteiger partial charge in [0.2, 0.25) is 0 Å². The number of rotatable bonds is 3. The van der Waals surface area contributed by atoms with Gasteiger partial charge in [-0.05, 0) is 15.9 Å². The van der Waals surface area contributed by atoms with Crippen molar-refractivity contribution in [2.24, 2.45) is 0 Å². The Balaban J connectivity index is 2.29. The minimum absolute atomic E-state index is 0.0544. The van der Waals surface area contributed by atoms with Gasteiger partial charge in [-0.3, -0.25) is 10.1 Å². The van der Waals surface area contributed by atoms with Crippen molar-refractivity contribution in [3.63, 3.8) is 0 Å². The van der Waals surface area contributed by atoms with Crippen LogP contribution in [0.5, 0.6) is 5.75 Å². The maximum atomic E-state index is 13.2. The predicted molar refractivity (Wildman–Crippen MR) is 60.6 cm³/mol. The van der Waals surface area contributed by atoms with Crippen molar-refractivity contribution in [2.45, 2.75) is 12.5 Å². The molecule has 1 aliphatic heterocycles. The van der Waals surface area contributed by atoms with Crippen molar-refractivity contribution in [1.29, 1.82) is 0 Å². The molecular formula is C10H9BrFNO4. The smallest absolute Gasteiger partial charge is 0.313 e. The molecule has 17 heavy (non-hydrogen) atoms. The van der Waals surface area contributed by atoms with E-state index in [1.54, 1.807) is 0 Å². The maximum absolute atomic E-state index is 13.2. The summed E-state index contributed by atoms with van der Waals surface area (Å²) in [5, 5.41) is 10.8. The molecule has 1 atom stereocenters. The van der Waals surface area contributed by atoms with E-state index in [1.165, 1.54) is 6.07 Å². The Labute approximate surface area is 105 Å². The Bertz CT molecular complexity index is 448. The number of nitrogens with zero attached hydrogens (tertiary/aromatic N) is 1. The Hall–Kier alpha value is -1.21. The van der Waals surface area contributed by atoms with E-state index in [4.69, 9.17) is 9.47 Å². The van der Waals surface area contributed by atoms with Crippen molar-refractivity contribution in [3.05, 3.63) is 32.5 Å². The normalized spacial score (nSPS) is 19.3. The fraction of sp³-hybridized carbons (Fsp3) is 0.400. The molecule has 1 fully saturated rings. The Morgan fingerprint density at radius 2 is 2.35 bits per heavy atom. The fourth-order valence-electron chi connectivity index (χ4n) is 1.54. The number of halogens is 2. The molecular weight excluding hydrogens is 297 g/mol. The van der Waals surface area contributed by atoms with Gasteiger partial charge in [-0.15, -0.1) is 0 Å². The van der Waals surface area contributed by atoms with Gasteiger partial charge < -0.3 is 9.47 Å². The van der Waals surface area contributed by atoms with Crippen LogP contribution in [-0.2, 0) is 4.74 Å². The van der Waals surface area contributed by atoms with Crippen LogP contribution in [-0.4, -0.2) is 24.2 Å². The van der Waals surface area contributed by atoms with Crippen LogP contribution in [0.25, 0.3) is 0 Å². The topological polar surface area (TPSA) is 61.6 Å². The highest BCUT2D eigenvalue weighted by Gasteiger charge is 2.24. The monoisotopic (exact) mass is 305 g/mol. The second-order valence-electron chi connectivity index (χ2n) is 3.59. The fourth-order valence-corrected chi connectivity index (χ4v) is 1.86. The summed E-state index contributed by atoms with van der Waals surface area (Å²) in [4.78, 5) is 10.1. The third-order valence-electron chi connectivity index (χ3n) is 2.38. The van der Waals surface area contributed by atoms with E-state index in [2.05, 4.69) is 15.9 Å². The highest BCUT2D eigenvalue weighted by atomic mass is 79.9. The van der Waals surface area contributed by atoms with E-state index < -0.39 is 10.7 Å². The zero-order valence-electron chi connectivity index (χ0n) is 8.69. The summed E-state index contributed by atoms with van der Waals surface area (Å²) < 4.78 is 23.9. The quantitative estimate of drug-likeness (QED) is 0.636. The van der Waals surface area contributed by atoms with Crippen molar-refractivity contribution in [1.82, 2.24) is 0 Å². The van der Waals surface area contributed by atoms with Gasteiger partial charge in [0, 0.05) is 12.5 Å². The van der Waals surface area contributed by atoms with E-state index in [1.807, 2.05) is 0 Å². The lowest BCUT2D eigenvalue weighted by Gasteiger charge is -2.12. The summed E-state index contributed by atoms with van der Waals surface area (Å²) >= 11 is 2.97. The third-order valence-corrected chi connectivity index (χ3v) is 2.99. The molecule has 1 unspecified atom stereocenters. The van der Waals surface area contributed by atoms with Gasteiger partial charge in [-0.25, -0.2) is 4.39 Å². The number of hydrogen-bond donors (Lipinski definition) is 0. The van der Waals surface area contributed by atoms with Gasteiger partial charge in [0.05, 0.1) is 28.7 Å². The Morgan fingerprint density at radius 3 is 2.94 bits per heavy atom. The SMILES string of the molecule is O=[N+]([O-])c1cc(F)c(Br)cc1OC1CCOC1. The first-order valence-corrected chi connectivity index (χ1v) is 5.75. The molecule has 5 nitrogen and oxygen atoms in total. The van der Waals surface area contributed by atoms with Gasteiger partial charge in [0.15, 0.2) is 5.75 Å². The third kappa shape index (κ3) is 2.73. The van der Waals surface area contributed by atoms with Crippen molar-refractivity contribution in [2.75, 3.05) is 13.2 Å². The highest BCUT2D eigenvalue weighted by molar-refractivity contribution is 9.10. The summed E-state index contributed by atoms with van der Waals surface area (Å²) in [5.41, 5.74) is -0.377. The summed E-state index contributed by atoms with van der Waals surface area (Å²) in [6.45, 7) is 0.965. The van der Waals surface area contributed by atoms with E-state index >= 15 is 0 Å². The van der Waals surface area contributed by atoms with Gasteiger partial charge >= 0.3 is 5.69 Å². The minimum Gasteiger partial charge on any atom is -0.481 e. The first-order valence-electron chi connectivity index (χ1n) is 4.96. The van der Waals surface area contributed by atoms with E-state index in [9.17, 15) is 14.5 Å². The van der Waals surface area contributed by atoms with Crippen LogP contribution in [0.3, 0.4) is 0 Å². The molecule has 1 aromatic rings. The molecule has 0 N–H and O–H groups in total. The van der Waals surface area contributed by atoms with Crippen LogP contribution < -0.4 is 4.74 Å². The molecule has 0 bridgehead atoms. The largest absolute Gasteiger partial charge is 0.481 e. The first kappa shape index (κ1) is 12.3. The number of ether oxygens (including phenoxy) is 2. The number of hydrogen-bond acceptors (Lipinski definition) is 4. The lowest BCUT2D eigenvalue weighted by Crippen LogP contribution is -2.16. The molecule has 1 aromatic carbocycles. The minimum atomic E-state index is -0.688. The summed E-state index contributed by atoms with van der Waals surface area (Å²) in [6.07, 6.45) is 0.456. The summed E-state index contributed by atoms with van der Waals surface area (Å²) in [5.74, 6) is -0.634. The molecule has 0 amide bonds. The van der Waals surface area contributed by atoms with Crippen molar-refractivity contribution in [3.8, 4) is 5.75 Å². The Kier molecular flexibility index (Phi) is 3.58. The van der Waals surface area contributed by atoms with Crippen LogP contribution in [0.4, 0.5) is 10.1 Å². The molecule has 0 aliphatic carbocycles. The lowest BCUT2D eigenvalue weighted by molar-refractivity contribution is -0.386. The van der Waals surface area contributed by atoms with Crippen LogP contribution in [0.15, 0.2) is 16.6 Å². The molecule has 1 heterocycles. The Morgan fingerprint density at radius 1 is 1.59 bits per heavy atom. The second kappa shape index (κ2) is 4.97. The molecule has 1 aliphatic rings. The maximum Gasteiger partial charge on any atom is 0.313 e. The number of nitro benzene ring substituents is 1. The molecule has 0 radical (unpaired) electrons. The van der Waals surface area contributed by atoms with Gasteiger partial charge in [-0.2, -0.15) is 0 Å².